The highest BCUT2D eigenvalue weighted by molar-refractivity contribution is 5.72. The molecule has 2 N–H and O–H groups in total. The molecule has 2 unspecified atom stereocenters. The summed E-state index contributed by atoms with van der Waals surface area (Å²) < 4.78 is 5.81. The Bertz CT molecular complexity index is 554. The summed E-state index contributed by atoms with van der Waals surface area (Å²) in [5.74, 6) is 1.34. The molecule has 3 rings (SSSR count). The fraction of sp³-hybridized carbons (Fsp3) is 0.588. The van der Waals surface area contributed by atoms with Gasteiger partial charge in [0.05, 0.1) is 0 Å². The summed E-state index contributed by atoms with van der Waals surface area (Å²) in [6.07, 6.45) is 5.88. The van der Waals surface area contributed by atoms with Gasteiger partial charge in [-0.15, -0.1) is 0 Å². The third-order valence-electron chi connectivity index (χ3n) is 4.86. The highest BCUT2D eigenvalue weighted by atomic mass is 16.3. The van der Waals surface area contributed by atoms with Gasteiger partial charge in [0.15, 0.2) is 11.5 Å². The first-order valence-corrected chi connectivity index (χ1v) is 7.66. The van der Waals surface area contributed by atoms with E-state index in [-0.39, 0.29) is 6.04 Å². The minimum Gasteiger partial charge on any atom is -0.441 e. The average molecular weight is 272 g/mol. The van der Waals surface area contributed by atoms with Crippen LogP contribution in [0.3, 0.4) is 0 Å². The number of nitrogens with two attached hydrogens (primary N) is 1. The van der Waals surface area contributed by atoms with E-state index in [0.717, 1.165) is 23.4 Å². The zero-order chi connectivity index (χ0) is 14.2. The van der Waals surface area contributed by atoms with Crippen LogP contribution in [0.15, 0.2) is 28.7 Å². The van der Waals surface area contributed by atoms with Crippen LogP contribution in [0.5, 0.6) is 0 Å². The molecule has 0 radical (unpaired) electrons. The number of para-hydroxylation sites is 2. The lowest BCUT2D eigenvalue weighted by Crippen LogP contribution is -2.43. The van der Waals surface area contributed by atoms with E-state index < -0.39 is 0 Å². The van der Waals surface area contributed by atoms with Crippen molar-refractivity contribution >= 4 is 11.1 Å². The lowest BCUT2D eigenvalue weighted by atomic mass is 9.65. The molecule has 1 saturated carbocycles. The highest BCUT2D eigenvalue weighted by Crippen LogP contribution is 2.42. The lowest BCUT2D eigenvalue weighted by molar-refractivity contribution is 0.110. The average Bonchev–Trinajstić information content (AvgIpc) is 2.80. The Balaban J connectivity index is 1.76. The van der Waals surface area contributed by atoms with E-state index in [1.165, 1.54) is 25.7 Å². The Hall–Kier alpha value is -1.35. The van der Waals surface area contributed by atoms with Crippen LogP contribution in [0.25, 0.3) is 11.1 Å². The van der Waals surface area contributed by atoms with E-state index in [2.05, 4.69) is 18.8 Å². The number of fused-ring (bicyclic) bond motifs is 1. The SMILES string of the molecule is CC1(C)CCCCC1C(N)Cc1nc2ccccc2o1. The monoisotopic (exact) mass is 272 g/mol. The second-order valence-corrected chi connectivity index (χ2v) is 6.78. The van der Waals surface area contributed by atoms with Gasteiger partial charge < -0.3 is 10.2 Å². The minimum atomic E-state index is 0.137. The largest absolute Gasteiger partial charge is 0.441 e. The Kier molecular flexibility index (Phi) is 3.55. The van der Waals surface area contributed by atoms with Crippen LogP contribution in [0.4, 0.5) is 0 Å². The molecule has 1 aromatic heterocycles. The molecule has 3 nitrogen and oxygen atoms in total. The fourth-order valence-electron chi connectivity index (χ4n) is 3.67. The normalized spacial score (nSPS) is 23.9. The molecule has 1 heterocycles. The van der Waals surface area contributed by atoms with Crippen molar-refractivity contribution in [3.63, 3.8) is 0 Å². The first-order chi connectivity index (χ1) is 9.56. The van der Waals surface area contributed by atoms with E-state index in [9.17, 15) is 0 Å². The molecule has 108 valence electrons. The summed E-state index contributed by atoms with van der Waals surface area (Å²) in [5.41, 5.74) is 8.60. The molecule has 20 heavy (non-hydrogen) atoms. The van der Waals surface area contributed by atoms with E-state index in [0.29, 0.717) is 11.3 Å². The summed E-state index contributed by atoms with van der Waals surface area (Å²) in [4.78, 5) is 4.55. The van der Waals surface area contributed by atoms with Crippen molar-refractivity contribution in [1.82, 2.24) is 4.98 Å². The van der Waals surface area contributed by atoms with E-state index >= 15 is 0 Å². The van der Waals surface area contributed by atoms with Crippen LogP contribution in [0.2, 0.25) is 0 Å². The number of hydrogen-bond donors (Lipinski definition) is 1. The van der Waals surface area contributed by atoms with Gasteiger partial charge in [-0.1, -0.05) is 38.8 Å². The van der Waals surface area contributed by atoms with Crippen molar-refractivity contribution in [2.45, 2.75) is 52.0 Å². The van der Waals surface area contributed by atoms with E-state index in [1.54, 1.807) is 0 Å². The van der Waals surface area contributed by atoms with E-state index in [4.69, 9.17) is 10.2 Å². The molecule has 0 bridgehead atoms. The van der Waals surface area contributed by atoms with Gasteiger partial charge in [-0.2, -0.15) is 0 Å². The van der Waals surface area contributed by atoms with Crippen LogP contribution in [0, 0.1) is 11.3 Å². The summed E-state index contributed by atoms with van der Waals surface area (Å²) in [6, 6.07) is 8.04. The number of benzene rings is 1. The highest BCUT2D eigenvalue weighted by Gasteiger charge is 2.36. The van der Waals surface area contributed by atoms with Gasteiger partial charge in [0.2, 0.25) is 0 Å². The Morgan fingerprint density at radius 3 is 2.90 bits per heavy atom. The van der Waals surface area contributed by atoms with Crippen LogP contribution >= 0.6 is 0 Å². The van der Waals surface area contributed by atoms with Crippen LogP contribution in [0.1, 0.15) is 45.4 Å². The molecule has 2 atom stereocenters. The zero-order valence-corrected chi connectivity index (χ0v) is 12.4. The molecule has 1 aliphatic rings. The van der Waals surface area contributed by atoms with Gasteiger partial charge in [0.25, 0.3) is 0 Å². The second kappa shape index (κ2) is 5.21. The smallest absolute Gasteiger partial charge is 0.197 e. The Labute approximate surface area is 120 Å². The van der Waals surface area contributed by atoms with Gasteiger partial charge in [0, 0.05) is 12.5 Å². The van der Waals surface area contributed by atoms with Crippen LogP contribution in [-0.2, 0) is 6.42 Å². The van der Waals surface area contributed by atoms with Crippen molar-refractivity contribution < 1.29 is 4.42 Å². The quantitative estimate of drug-likeness (QED) is 0.921. The van der Waals surface area contributed by atoms with E-state index in [1.807, 2.05) is 24.3 Å². The van der Waals surface area contributed by atoms with Gasteiger partial charge in [-0.25, -0.2) is 4.98 Å². The fourth-order valence-corrected chi connectivity index (χ4v) is 3.67. The first kappa shape index (κ1) is 13.6. The second-order valence-electron chi connectivity index (χ2n) is 6.78. The Morgan fingerprint density at radius 1 is 1.35 bits per heavy atom. The molecule has 3 heteroatoms. The summed E-state index contributed by atoms with van der Waals surface area (Å²) in [7, 11) is 0. The number of rotatable bonds is 3. The molecule has 0 amide bonds. The number of hydrogen-bond acceptors (Lipinski definition) is 3. The third-order valence-corrected chi connectivity index (χ3v) is 4.86. The molecule has 0 spiro atoms. The first-order valence-electron chi connectivity index (χ1n) is 7.66. The predicted molar refractivity (Wildman–Crippen MR) is 81.4 cm³/mol. The van der Waals surface area contributed by atoms with Crippen molar-refractivity contribution in [3.05, 3.63) is 30.2 Å². The summed E-state index contributed by atoms with van der Waals surface area (Å²) in [5, 5.41) is 0. The summed E-state index contributed by atoms with van der Waals surface area (Å²) >= 11 is 0. The number of oxazole rings is 1. The molecule has 1 fully saturated rings. The predicted octanol–water partition coefficient (Wildman–Crippen LogP) is 3.91. The van der Waals surface area contributed by atoms with Gasteiger partial charge >= 0.3 is 0 Å². The number of nitrogens with zero attached hydrogens (tertiary/aromatic N) is 1. The van der Waals surface area contributed by atoms with Gasteiger partial charge in [-0.3, -0.25) is 0 Å². The molecule has 2 aromatic rings. The lowest BCUT2D eigenvalue weighted by Gasteiger charge is -2.41. The number of aromatic nitrogens is 1. The third kappa shape index (κ3) is 2.59. The standard InChI is InChI=1S/C17H24N2O/c1-17(2)10-6-5-7-12(17)13(18)11-16-19-14-8-3-4-9-15(14)20-16/h3-4,8-9,12-13H,5-7,10-11,18H2,1-2H3. The van der Waals surface area contributed by atoms with Crippen LogP contribution < -0.4 is 5.73 Å². The minimum absolute atomic E-state index is 0.137. The molecular weight excluding hydrogens is 248 g/mol. The molecular formula is C17H24N2O. The molecule has 0 aliphatic heterocycles. The van der Waals surface area contributed by atoms with Gasteiger partial charge in [-0.05, 0) is 36.3 Å². The molecule has 1 aromatic carbocycles. The van der Waals surface area contributed by atoms with Crippen molar-refractivity contribution in [2.24, 2.45) is 17.1 Å². The van der Waals surface area contributed by atoms with Crippen molar-refractivity contribution in [3.8, 4) is 0 Å². The Morgan fingerprint density at radius 2 is 2.15 bits per heavy atom. The topological polar surface area (TPSA) is 52.0 Å². The van der Waals surface area contributed by atoms with Crippen LogP contribution in [-0.4, -0.2) is 11.0 Å². The molecule has 1 aliphatic carbocycles. The maximum atomic E-state index is 6.48. The summed E-state index contributed by atoms with van der Waals surface area (Å²) in [6.45, 7) is 4.70. The van der Waals surface area contributed by atoms with Crippen molar-refractivity contribution in [2.75, 3.05) is 0 Å². The zero-order valence-electron chi connectivity index (χ0n) is 12.4. The van der Waals surface area contributed by atoms with Gasteiger partial charge in [0.1, 0.15) is 5.52 Å². The maximum absolute atomic E-state index is 6.48. The van der Waals surface area contributed by atoms with Crippen molar-refractivity contribution in [1.29, 1.82) is 0 Å². The maximum Gasteiger partial charge on any atom is 0.197 e. The molecule has 0 saturated heterocycles.